The van der Waals surface area contributed by atoms with Gasteiger partial charge in [-0.2, -0.15) is 0 Å². The molecule has 0 atom stereocenters. The van der Waals surface area contributed by atoms with Crippen LogP contribution in [0.4, 0.5) is 0 Å². The Morgan fingerprint density at radius 3 is 2.18 bits per heavy atom. The molecule has 0 radical (unpaired) electrons. The second-order valence-electron chi connectivity index (χ2n) is 1.99. The van der Waals surface area contributed by atoms with Gasteiger partial charge in [-0.1, -0.05) is 0 Å². The molecule has 1 rings (SSSR count). The molecule has 0 aliphatic carbocycles. The van der Waals surface area contributed by atoms with Crippen molar-refractivity contribution in [1.82, 2.24) is 0 Å². The maximum atomic E-state index is 3.86. The summed E-state index contributed by atoms with van der Waals surface area (Å²) in [6.45, 7) is 5.88. The van der Waals surface area contributed by atoms with Crippen LogP contribution in [0.1, 0.15) is 18.1 Å². The summed E-state index contributed by atoms with van der Waals surface area (Å²) in [5.41, 5.74) is 2.32. The minimum Gasteiger partial charge on any atom is -0.358 e. The fourth-order valence-electron chi connectivity index (χ4n) is 0.816. The number of hydrogen-bond acceptors (Lipinski definition) is 0. The molecule has 0 aliphatic heterocycles. The van der Waals surface area contributed by atoms with E-state index in [1.165, 1.54) is 5.56 Å². The molecule has 0 unspecified atom stereocenters. The first kappa shape index (κ1) is 13.6. The van der Waals surface area contributed by atoms with Crippen LogP contribution in [0.5, 0.6) is 0 Å². The van der Waals surface area contributed by atoms with E-state index in [1.807, 2.05) is 25.1 Å². The van der Waals surface area contributed by atoms with Gasteiger partial charge in [-0.25, -0.2) is 18.6 Å². The number of benzene rings is 1. The topological polar surface area (TPSA) is 0 Å². The zero-order valence-electron chi connectivity index (χ0n) is 7.17. The minimum atomic E-state index is 0. The van der Waals surface area contributed by atoms with E-state index in [9.17, 15) is 0 Å². The van der Waals surface area contributed by atoms with Crippen molar-refractivity contribution < 1.29 is 32.7 Å². The predicted molar refractivity (Wildman–Crippen MR) is 46.4 cm³/mol. The van der Waals surface area contributed by atoms with Crippen LogP contribution in [-0.4, -0.2) is 0 Å². The van der Waals surface area contributed by atoms with Crippen LogP contribution in [0, 0.1) is 20.8 Å². The predicted octanol–water partition coefficient (Wildman–Crippen LogP) is 2.89. The van der Waals surface area contributed by atoms with Crippen molar-refractivity contribution in [3.05, 3.63) is 56.2 Å². The smallest absolute Gasteiger partial charge is 0.358 e. The van der Waals surface area contributed by atoms with E-state index >= 15 is 0 Å². The first-order valence-electron chi connectivity index (χ1n) is 3.05. The summed E-state index contributed by atoms with van der Waals surface area (Å²) >= 11 is 0. The molecular weight excluding hydrogens is 209 g/mol. The fourth-order valence-corrected chi connectivity index (χ4v) is 0.816. The molecule has 0 aromatic heterocycles. The largest absolute Gasteiger partial charge is 3.00 e. The van der Waals surface area contributed by atoms with Crippen LogP contribution in [0.3, 0.4) is 0 Å². The monoisotopic (exact) mass is 222 g/mol. The van der Waals surface area contributed by atoms with Gasteiger partial charge in [0.1, 0.15) is 0 Å². The third-order valence-corrected chi connectivity index (χ3v) is 1.37. The molecule has 0 aliphatic rings. The third-order valence-electron chi connectivity index (χ3n) is 1.37. The van der Waals surface area contributed by atoms with Crippen molar-refractivity contribution in [2.24, 2.45) is 0 Å². The van der Waals surface area contributed by atoms with E-state index in [1.54, 1.807) is 0 Å². The molecule has 0 heterocycles. The van der Waals surface area contributed by atoms with E-state index < -0.39 is 0 Å². The summed E-state index contributed by atoms with van der Waals surface area (Å²) in [6.07, 6.45) is 2.06. The van der Waals surface area contributed by atoms with Gasteiger partial charge < -0.3 is 7.43 Å². The molecule has 1 aromatic carbocycles. The van der Waals surface area contributed by atoms with E-state index in [2.05, 4.69) is 19.4 Å². The minimum absolute atomic E-state index is 0. The van der Waals surface area contributed by atoms with E-state index in [0.717, 1.165) is 5.56 Å². The standard InChI is InChI=1S/C9H10.CH3.Y/c1-3-9-7-5-4-6-8(9)2;;/h3-7H,2H2,1H3;1H3;/q-2;-1;+3. The van der Waals surface area contributed by atoms with E-state index in [-0.39, 0.29) is 40.1 Å². The van der Waals surface area contributed by atoms with Crippen LogP contribution in [0.25, 0.3) is 0 Å². The Bertz CT molecular complexity index is 194. The maximum absolute atomic E-state index is 3.86. The quantitative estimate of drug-likeness (QED) is 0.641. The summed E-state index contributed by atoms with van der Waals surface area (Å²) in [5, 5.41) is 0. The van der Waals surface area contributed by atoms with Crippen molar-refractivity contribution in [3.63, 3.8) is 0 Å². The molecule has 0 saturated heterocycles. The van der Waals surface area contributed by atoms with Gasteiger partial charge in [0.15, 0.2) is 0 Å². The van der Waals surface area contributed by atoms with E-state index in [4.69, 9.17) is 0 Å². The Kier molecular flexibility index (Phi) is 8.38. The van der Waals surface area contributed by atoms with Crippen molar-refractivity contribution in [3.8, 4) is 0 Å². The third kappa shape index (κ3) is 3.83. The zero-order chi connectivity index (χ0) is 6.69. The summed E-state index contributed by atoms with van der Waals surface area (Å²) in [6, 6.07) is 8.08. The molecule has 0 N–H and O–H groups in total. The second kappa shape index (κ2) is 6.75. The Morgan fingerprint density at radius 2 is 1.82 bits per heavy atom. The van der Waals surface area contributed by atoms with Gasteiger partial charge in [0, 0.05) is 0 Å². The molecule has 0 fully saturated rings. The van der Waals surface area contributed by atoms with Gasteiger partial charge >= 0.3 is 32.7 Å². The molecule has 56 valence electrons. The van der Waals surface area contributed by atoms with Crippen molar-refractivity contribution in [1.29, 1.82) is 0 Å². The first-order valence-corrected chi connectivity index (χ1v) is 3.05. The van der Waals surface area contributed by atoms with E-state index in [0.29, 0.717) is 0 Å². The van der Waals surface area contributed by atoms with Gasteiger partial charge in [-0.15, -0.1) is 19.1 Å². The maximum Gasteiger partial charge on any atom is 3.00 e. The normalized spacial score (nSPS) is 7.36. The van der Waals surface area contributed by atoms with Crippen LogP contribution < -0.4 is 0 Å². The Hall–Kier alpha value is 0.0639. The van der Waals surface area contributed by atoms with Gasteiger partial charge in [0.05, 0.1) is 0 Å². The average molecular weight is 222 g/mol. The molecule has 0 amide bonds. The summed E-state index contributed by atoms with van der Waals surface area (Å²) in [5.74, 6) is 0. The summed E-state index contributed by atoms with van der Waals surface area (Å²) < 4.78 is 0. The Labute approximate surface area is 95.3 Å². The van der Waals surface area contributed by atoms with Crippen LogP contribution in [0.2, 0.25) is 0 Å². The summed E-state index contributed by atoms with van der Waals surface area (Å²) in [4.78, 5) is 0. The van der Waals surface area contributed by atoms with Gasteiger partial charge in [0.2, 0.25) is 0 Å². The zero-order valence-corrected chi connectivity index (χ0v) is 10.0. The number of hydrogen-bond donors (Lipinski definition) is 0. The van der Waals surface area contributed by atoms with Gasteiger partial charge in [0.25, 0.3) is 0 Å². The Balaban J connectivity index is 0. The fraction of sp³-hybridized carbons (Fsp3) is 0.100. The first-order chi connectivity index (χ1) is 4.34. The molecule has 1 aromatic rings. The molecule has 0 bridgehead atoms. The molecule has 0 spiro atoms. The van der Waals surface area contributed by atoms with Gasteiger partial charge in [-0.05, 0) is 0 Å². The van der Waals surface area contributed by atoms with Gasteiger partial charge in [-0.3, -0.25) is 18.1 Å². The van der Waals surface area contributed by atoms with Crippen LogP contribution in [-0.2, 0) is 32.7 Å². The second-order valence-corrected chi connectivity index (χ2v) is 1.99. The molecule has 0 saturated carbocycles. The Morgan fingerprint density at radius 1 is 1.27 bits per heavy atom. The van der Waals surface area contributed by atoms with Crippen molar-refractivity contribution in [2.45, 2.75) is 6.92 Å². The molecular formula is C10H13Y. The van der Waals surface area contributed by atoms with Crippen molar-refractivity contribution >= 4 is 0 Å². The molecule has 11 heavy (non-hydrogen) atoms. The van der Waals surface area contributed by atoms with Crippen molar-refractivity contribution in [2.75, 3.05) is 0 Å². The number of rotatable bonds is 1. The summed E-state index contributed by atoms with van der Waals surface area (Å²) in [7, 11) is 0. The molecule has 1 heteroatoms. The van der Waals surface area contributed by atoms with Crippen LogP contribution >= 0.6 is 0 Å². The SMILES string of the molecule is [CH2-]c1ccccc1[CH-]C.[CH3-].[Y+3]. The van der Waals surface area contributed by atoms with Crippen LogP contribution in [0.15, 0.2) is 24.3 Å². The molecule has 0 nitrogen and oxygen atoms in total. The average Bonchev–Trinajstić information content (AvgIpc) is 1.89.